The van der Waals surface area contributed by atoms with Crippen molar-refractivity contribution < 1.29 is 0 Å². The number of anilines is 2. The molecule has 0 saturated carbocycles. The Balaban J connectivity index is 2.03. The van der Waals surface area contributed by atoms with E-state index in [1.807, 2.05) is 30.3 Å². The maximum Gasteiger partial charge on any atom is 0.175 e. The Hall–Kier alpha value is -1.17. The van der Waals surface area contributed by atoms with Gasteiger partial charge in [0.15, 0.2) is 10.3 Å². The van der Waals surface area contributed by atoms with E-state index >= 15 is 0 Å². The summed E-state index contributed by atoms with van der Waals surface area (Å²) < 4.78 is 0.981. The highest BCUT2D eigenvalue weighted by Crippen LogP contribution is 2.19. The lowest BCUT2D eigenvalue weighted by Gasteiger charge is -2.11. The van der Waals surface area contributed by atoms with Crippen molar-refractivity contribution in [3.8, 4) is 0 Å². The van der Waals surface area contributed by atoms with Crippen molar-refractivity contribution in [2.24, 2.45) is 0 Å². The predicted octanol–water partition coefficient (Wildman–Crippen LogP) is 4.31. The number of nitrogens with one attached hydrogen (secondary N) is 2. The maximum atomic E-state index is 5.93. The van der Waals surface area contributed by atoms with Crippen molar-refractivity contribution in [2.75, 3.05) is 10.6 Å². The van der Waals surface area contributed by atoms with E-state index in [0.29, 0.717) is 16.0 Å². The third-order valence-corrected chi connectivity index (χ3v) is 3.09. The summed E-state index contributed by atoms with van der Waals surface area (Å²) in [4.78, 5) is 3.96. The van der Waals surface area contributed by atoms with E-state index in [9.17, 15) is 0 Å². The van der Waals surface area contributed by atoms with Gasteiger partial charge in [-0.25, -0.2) is 4.98 Å². The Morgan fingerprint density at radius 3 is 2.78 bits per heavy atom. The maximum absolute atomic E-state index is 5.93. The minimum atomic E-state index is 0.385. The summed E-state index contributed by atoms with van der Waals surface area (Å²) in [5.74, 6) is 0. The zero-order chi connectivity index (χ0) is 13.0. The molecule has 0 spiro atoms. The lowest BCUT2D eigenvalue weighted by Crippen LogP contribution is -2.19. The van der Waals surface area contributed by atoms with Gasteiger partial charge in [-0.2, -0.15) is 0 Å². The monoisotopic (exact) mass is 341 g/mol. The number of halogens is 2. The lowest BCUT2D eigenvalue weighted by molar-refractivity contribution is 1.33. The van der Waals surface area contributed by atoms with Gasteiger partial charge in [0.1, 0.15) is 0 Å². The summed E-state index contributed by atoms with van der Waals surface area (Å²) in [6, 6.07) is 11.3. The minimum absolute atomic E-state index is 0.385. The third-order valence-electron chi connectivity index (χ3n) is 2.09. The van der Waals surface area contributed by atoms with Crippen LogP contribution < -0.4 is 10.6 Å². The lowest BCUT2D eigenvalue weighted by atomic mass is 10.3. The third kappa shape index (κ3) is 3.66. The molecule has 0 atom stereocenters. The number of benzene rings is 1. The summed E-state index contributed by atoms with van der Waals surface area (Å²) >= 11 is 14.5. The number of thiocarbonyl (C=S) groups is 1. The molecular weight excluding hydrogens is 334 g/mol. The Labute approximate surface area is 124 Å². The van der Waals surface area contributed by atoms with Crippen LogP contribution in [-0.2, 0) is 0 Å². The molecule has 1 aromatic heterocycles. The van der Waals surface area contributed by atoms with Crippen molar-refractivity contribution in [2.45, 2.75) is 0 Å². The van der Waals surface area contributed by atoms with Crippen molar-refractivity contribution in [3.05, 3.63) is 52.2 Å². The van der Waals surface area contributed by atoms with Gasteiger partial charge in [-0.1, -0.05) is 33.6 Å². The van der Waals surface area contributed by atoms with Gasteiger partial charge >= 0.3 is 0 Å². The summed E-state index contributed by atoms with van der Waals surface area (Å²) in [5, 5.41) is 6.90. The molecule has 1 aromatic carbocycles. The fraction of sp³-hybridized carbons (Fsp3) is 0. The molecule has 2 aromatic rings. The fourth-order valence-electron chi connectivity index (χ4n) is 1.33. The van der Waals surface area contributed by atoms with Gasteiger partial charge in [0, 0.05) is 16.4 Å². The van der Waals surface area contributed by atoms with Crippen LogP contribution in [0.3, 0.4) is 0 Å². The Kier molecular flexibility index (Phi) is 4.52. The van der Waals surface area contributed by atoms with Crippen molar-refractivity contribution in [1.29, 1.82) is 0 Å². The topological polar surface area (TPSA) is 37.0 Å². The average Bonchev–Trinajstić information content (AvgIpc) is 2.32. The normalized spacial score (nSPS) is 9.89. The zero-order valence-corrected chi connectivity index (χ0v) is 12.3. The zero-order valence-electron chi connectivity index (χ0n) is 9.15. The van der Waals surface area contributed by atoms with Gasteiger partial charge in [0.25, 0.3) is 0 Å². The van der Waals surface area contributed by atoms with Crippen LogP contribution in [-0.4, -0.2) is 10.1 Å². The van der Waals surface area contributed by atoms with Gasteiger partial charge in [-0.3, -0.25) is 0 Å². The second-order valence-electron chi connectivity index (χ2n) is 3.43. The first-order valence-electron chi connectivity index (χ1n) is 5.09. The van der Waals surface area contributed by atoms with Crippen LogP contribution >= 0.6 is 39.7 Å². The smallest absolute Gasteiger partial charge is 0.175 e. The molecule has 0 bridgehead atoms. The van der Waals surface area contributed by atoms with Crippen LogP contribution in [0.4, 0.5) is 11.4 Å². The number of hydrogen-bond acceptors (Lipinski definition) is 2. The average molecular weight is 343 g/mol. The van der Waals surface area contributed by atoms with Crippen LogP contribution in [0, 0.1) is 0 Å². The molecule has 1 heterocycles. The Bertz CT molecular complexity index is 577. The predicted molar refractivity (Wildman–Crippen MR) is 83.2 cm³/mol. The van der Waals surface area contributed by atoms with Crippen molar-refractivity contribution in [1.82, 2.24) is 4.98 Å². The highest BCUT2D eigenvalue weighted by Gasteiger charge is 2.03. The van der Waals surface area contributed by atoms with Gasteiger partial charge in [-0.15, -0.1) is 0 Å². The second kappa shape index (κ2) is 6.13. The standard InChI is InChI=1S/C12H9BrClN3S/c13-8-3-1-4-9(7-8)16-12(18)17-10-5-2-6-15-11(10)14/h1-7H,(H2,16,17,18). The summed E-state index contributed by atoms with van der Waals surface area (Å²) in [5.41, 5.74) is 1.56. The molecule has 0 amide bonds. The fourth-order valence-corrected chi connectivity index (χ4v) is 2.12. The molecular formula is C12H9BrClN3S. The molecule has 0 unspecified atom stereocenters. The first kappa shape index (κ1) is 13.3. The molecule has 2 rings (SSSR count). The first-order valence-corrected chi connectivity index (χ1v) is 6.67. The van der Waals surface area contributed by atoms with Gasteiger partial charge in [0.05, 0.1) is 5.69 Å². The van der Waals surface area contributed by atoms with E-state index in [-0.39, 0.29) is 0 Å². The molecule has 0 radical (unpaired) electrons. The highest BCUT2D eigenvalue weighted by molar-refractivity contribution is 9.10. The van der Waals surface area contributed by atoms with E-state index in [0.717, 1.165) is 10.2 Å². The Morgan fingerprint density at radius 2 is 2.06 bits per heavy atom. The molecule has 18 heavy (non-hydrogen) atoms. The number of rotatable bonds is 2. The molecule has 0 fully saturated rings. The van der Waals surface area contributed by atoms with E-state index in [1.54, 1.807) is 12.3 Å². The molecule has 0 saturated heterocycles. The van der Waals surface area contributed by atoms with Crippen molar-refractivity contribution >= 4 is 56.2 Å². The molecule has 3 nitrogen and oxygen atoms in total. The molecule has 0 aliphatic carbocycles. The number of pyridine rings is 1. The largest absolute Gasteiger partial charge is 0.332 e. The van der Waals surface area contributed by atoms with E-state index < -0.39 is 0 Å². The molecule has 0 aliphatic rings. The van der Waals surface area contributed by atoms with E-state index in [4.69, 9.17) is 23.8 Å². The van der Waals surface area contributed by atoms with Crippen LogP contribution in [0.2, 0.25) is 5.15 Å². The van der Waals surface area contributed by atoms with Crippen LogP contribution in [0.15, 0.2) is 47.1 Å². The molecule has 6 heteroatoms. The van der Waals surface area contributed by atoms with Gasteiger partial charge < -0.3 is 10.6 Å². The van der Waals surface area contributed by atoms with E-state index in [2.05, 4.69) is 31.5 Å². The van der Waals surface area contributed by atoms with Crippen LogP contribution in [0.1, 0.15) is 0 Å². The SMILES string of the molecule is S=C(Nc1cccc(Br)c1)Nc1cccnc1Cl. The second-order valence-corrected chi connectivity index (χ2v) is 5.11. The Morgan fingerprint density at radius 1 is 1.22 bits per heavy atom. The van der Waals surface area contributed by atoms with Crippen LogP contribution in [0.25, 0.3) is 0 Å². The summed E-state index contributed by atoms with van der Waals surface area (Å²) in [6.07, 6.45) is 1.62. The molecule has 92 valence electrons. The number of nitrogens with zero attached hydrogens (tertiary/aromatic N) is 1. The molecule has 2 N–H and O–H groups in total. The van der Waals surface area contributed by atoms with Gasteiger partial charge in [0.2, 0.25) is 0 Å². The molecule has 0 aliphatic heterocycles. The van der Waals surface area contributed by atoms with Crippen LogP contribution in [0.5, 0.6) is 0 Å². The number of hydrogen-bond donors (Lipinski definition) is 2. The summed E-state index contributed by atoms with van der Waals surface area (Å²) in [7, 11) is 0. The summed E-state index contributed by atoms with van der Waals surface area (Å²) in [6.45, 7) is 0. The highest BCUT2D eigenvalue weighted by atomic mass is 79.9. The van der Waals surface area contributed by atoms with E-state index in [1.165, 1.54) is 0 Å². The van der Waals surface area contributed by atoms with Gasteiger partial charge in [-0.05, 0) is 42.5 Å². The quantitative estimate of drug-likeness (QED) is 0.630. The number of aromatic nitrogens is 1. The van der Waals surface area contributed by atoms with Crippen molar-refractivity contribution in [3.63, 3.8) is 0 Å². The minimum Gasteiger partial charge on any atom is -0.332 e. The first-order chi connectivity index (χ1) is 8.65.